The molecule has 4 unspecified atom stereocenters. The number of rotatable bonds is 5. The molecule has 5 aliphatic heterocycles. The van der Waals surface area contributed by atoms with Gasteiger partial charge in [0.25, 0.3) is 0 Å². The van der Waals surface area contributed by atoms with Crippen LogP contribution in [0.4, 0.5) is 0 Å². The van der Waals surface area contributed by atoms with E-state index in [9.17, 15) is 5.11 Å². The van der Waals surface area contributed by atoms with E-state index in [4.69, 9.17) is 52.1 Å². The molecule has 10 atom stereocenters. The van der Waals surface area contributed by atoms with Crippen LogP contribution < -0.4 is 0 Å². The Hall–Kier alpha value is -0.480. The van der Waals surface area contributed by atoms with Crippen LogP contribution in [-0.4, -0.2) is 111 Å². The van der Waals surface area contributed by atoms with Crippen molar-refractivity contribution in [1.29, 1.82) is 0 Å². The number of ether oxygens (including phenoxy) is 11. The van der Waals surface area contributed by atoms with Gasteiger partial charge < -0.3 is 57.2 Å². The summed E-state index contributed by atoms with van der Waals surface area (Å²) >= 11 is 0. The largest absolute Gasteiger partial charge is 0.385 e. The number of methoxy groups -OCH3 is 1. The van der Waals surface area contributed by atoms with Crippen molar-refractivity contribution in [2.45, 2.75) is 175 Å². The summed E-state index contributed by atoms with van der Waals surface area (Å²) in [5.74, 6) is -1.94. The fraction of sp³-hybridized carbons (Fsp3) is 1.00. The Balaban J connectivity index is 1.02. The van der Waals surface area contributed by atoms with Gasteiger partial charge in [-0.1, -0.05) is 19.3 Å². The summed E-state index contributed by atoms with van der Waals surface area (Å²) in [6.45, 7) is 0.699. The van der Waals surface area contributed by atoms with E-state index in [1.165, 1.54) is 12.8 Å². The van der Waals surface area contributed by atoms with Gasteiger partial charge in [-0.25, -0.2) is 0 Å². The van der Waals surface area contributed by atoms with E-state index in [0.29, 0.717) is 13.2 Å². The molecule has 12 heteroatoms. The molecular weight excluding hydrogens is 576 g/mol. The first-order valence-electron chi connectivity index (χ1n) is 17.2. The smallest absolute Gasteiger partial charge is 0.190 e. The van der Waals surface area contributed by atoms with Gasteiger partial charge in [-0.3, -0.25) is 0 Å². The molecule has 8 aliphatic rings. The fourth-order valence-electron chi connectivity index (χ4n) is 8.86. The zero-order chi connectivity index (χ0) is 29.8. The number of fused-ring (bicyclic) bond motifs is 4. The average molecular weight is 627 g/mol. The molecule has 12 nitrogen and oxygen atoms in total. The van der Waals surface area contributed by atoms with E-state index in [1.54, 1.807) is 7.11 Å². The van der Waals surface area contributed by atoms with Crippen molar-refractivity contribution < 1.29 is 57.2 Å². The lowest BCUT2D eigenvalue weighted by atomic mass is 9.90. The van der Waals surface area contributed by atoms with Crippen LogP contribution in [0, 0.1) is 0 Å². The molecule has 0 radical (unpaired) electrons. The zero-order valence-corrected chi connectivity index (χ0v) is 25.9. The molecule has 3 aliphatic carbocycles. The van der Waals surface area contributed by atoms with E-state index in [-0.39, 0.29) is 19.0 Å². The van der Waals surface area contributed by atoms with Crippen LogP contribution in [-0.2, 0) is 52.1 Å². The predicted molar refractivity (Wildman–Crippen MR) is 150 cm³/mol. The maximum atomic E-state index is 11.7. The van der Waals surface area contributed by atoms with Gasteiger partial charge in [0.05, 0.1) is 13.2 Å². The van der Waals surface area contributed by atoms with Gasteiger partial charge in [0.2, 0.25) is 0 Å². The van der Waals surface area contributed by atoms with Gasteiger partial charge in [0.15, 0.2) is 29.9 Å². The maximum absolute atomic E-state index is 11.7. The lowest BCUT2D eigenvalue weighted by Crippen LogP contribution is -2.68. The van der Waals surface area contributed by atoms with E-state index < -0.39 is 66.6 Å². The van der Waals surface area contributed by atoms with Crippen LogP contribution in [0.2, 0.25) is 0 Å². The van der Waals surface area contributed by atoms with E-state index in [2.05, 4.69) is 0 Å². The summed E-state index contributed by atoms with van der Waals surface area (Å²) < 4.78 is 70.3. The highest BCUT2D eigenvalue weighted by molar-refractivity contribution is 5.03. The van der Waals surface area contributed by atoms with Gasteiger partial charge in [-0.2, -0.15) is 0 Å². The molecule has 3 saturated carbocycles. The second-order valence-electron chi connectivity index (χ2n) is 14.1. The summed E-state index contributed by atoms with van der Waals surface area (Å²) in [7, 11) is 1.56. The Kier molecular flexibility index (Phi) is 8.77. The van der Waals surface area contributed by atoms with Crippen LogP contribution in [0.1, 0.15) is 96.3 Å². The molecule has 5 heterocycles. The van der Waals surface area contributed by atoms with Crippen molar-refractivity contribution in [2.24, 2.45) is 0 Å². The SMILES string of the molecule is COCOC1[C@@H]2OC3(CCCCC3)OCC2O[C@H](O[C@H]2OC3COC4(CCCCC4)O[C@H]3[C@@H]3OC4(CCCCC4)OC23)[C@@H]1O. The van der Waals surface area contributed by atoms with Gasteiger partial charge in [0.1, 0.15) is 55.6 Å². The molecular formula is C32H50O12. The Labute approximate surface area is 259 Å². The van der Waals surface area contributed by atoms with Crippen LogP contribution in [0.3, 0.4) is 0 Å². The minimum atomic E-state index is -1.17. The Morgan fingerprint density at radius 3 is 1.70 bits per heavy atom. The van der Waals surface area contributed by atoms with Crippen LogP contribution in [0.15, 0.2) is 0 Å². The van der Waals surface area contributed by atoms with Crippen molar-refractivity contribution in [3.63, 3.8) is 0 Å². The minimum absolute atomic E-state index is 0.000829. The third kappa shape index (κ3) is 5.68. The molecule has 5 saturated heterocycles. The maximum Gasteiger partial charge on any atom is 0.190 e. The van der Waals surface area contributed by atoms with Crippen molar-refractivity contribution in [3.8, 4) is 0 Å². The summed E-state index contributed by atoms with van der Waals surface area (Å²) in [5, 5.41) is 11.7. The Bertz CT molecular complexity index is 978. The van der Waals surface area contributed by atoms with E-state index >= 15 is 0 Å². The lowest BCUT2D eigenvalue weighted by Gasteiger charge is -2.54. The van der Waals surface area contributed by atoms with Gasteiger partial charge in [-0.05, 0) is 38.5 Å². The molecule has 1 N–H and O–H groups in total. The Morgan fingerprint density at radius 1 is 0.591 bits per heavy atom. The van der Waals surface area contributed by atoms with Crippen molar-refractivity contribution in [2.75, 3.05) is 27.1 Å². The van der Waals surface area contributed by atoms with Crippen LogP contribution >= 0.6 is 0 Å². The van der Waals surface area contributed by atoms with Crippen LogP contribution in [0.25, 0.3) is 0 Å². The predicted octanol–water partition coefficient (Wildman–Crippen LogP) is 3.40. The monoisotopic (exact) mass is 626 g/mol. The Morgan fingerprint density at radius 2 is 1.09 bits per heavy atom. The highest BCUT2D eigenvalue weighted by Crippen LogP contribution is 2.50. The van der Waals surface area contributed by atoms with Gasteiger partial charge in [-0.15, -0.1) is 0 Å². The standard InChI is InChI=1S/C32H50O12/c1-34-19-35-25-22(33)28(38-20-17-36-30(41-23(20)25)11-5-2-6-12-30)40-29-27-26(43-32(44-27)15-9-4-10-16-32)24-21(39-29)18-37-31(42-24)13-7-3-8-14-31/h20-29,33H,2-19H2,1H3/t20?,21?,22-,23-,24-,25?,26+,27?,28-,29-/m1/s1. The second kappa shape index (κ2) is 12.5. The molecule has 8 fully saturated rings. The van der Waals surface area contributed by atoms with Gasteiger partial charge in [0, 0.05) is 45.6 Å². The quantitative estimate of drug-likeness (QED) is 0.450. The molecule has 0 aromatic heterocycles. The summed E-state index contributed by atoms with van der Waals surface area (Å²) in [4.78, 5) is 0. The summed E-state index contributed by atoms with van der Waals surface area (Å²) in [6.07, 6.45) is 8.31. The fourth-order valence-corrected chi connectivity index (χ4v) is 8.86. The molecule has 0 amide bonds. The minimum Gasteiger partial charge on any atom is -0.385 e. The van der Waals surface area contributed by atoms with E-state index in [1.807, 2.05) is 0 Å². The lowest BCUT2D eigenvalue weighted by molar-refractivity contribution is -0.430. The first kappa shape index (κ1) is 30.8. The number of aliphatic hydroxyl groups excluding tert-OH is 1. The molecule has 0 aromatic rings. The molecule has 44 heavy (non-hydrogen) atoms. The van der Waals surface area contributed by atoms with Crippen LogP contribution in [0.5, 0.6) is 0 Å². The average Bonchev–Trinajstić information content (AvgIpc) is 3.42. The second-order valence-corrected chi connectivity index (χ2v) is 14.1. The number of hydrogen-bond donors (Lipinski definition) is 1. The third-order valence-electron chi connectivity index (χ3n) is 11.1. The van der Waals surface area contributed by atoms with Crippen molar-refractivity contribution >= 4 is 0 Å². The molecule has 0 bridgehead atoms. The topological polar surface area (TPSA) is 122 Å². The third-order valence-corrected chi connectivity index (χ3v) is 11.1. The van der Waals surface area contributed by atoms with Gasteiger partial charge >= 0.3 is 0 Å². The molecule has 3 spiro atoms. The number of aliphatic hydroxyl groups is 1. The first-order chi connectivity index (χ1) is 21.5. The summed E-state index contributed by atoms with van der Waals surface area (Å²) in [5.41, 5.74) is 0. The van der Waals surface area contributed by atoms with Crippen molar-refractivity contribution in [1.82, 2.24) is 0 Å². The normalized spacial score (nSPS) is 46.0. The highest BCUT2D eigenvalue weighted by Gasteiger charge is 2.63. The molecule has 8 rings (SSSR count). The molecule has 0 aromatic carbocycles. The van der Waals surface area contributed by atoms with Crippen molar-refractivity contribution in [3.05, 3.63) is 0 Å². The number of hydrogen-bond acceptors (Lipinski definition) is 12. The molecule has 250 valence electrons. The van der Waals surface area contributed by atoms with E-state index in [0.717, 1.165) is 83.5 Å². The first-order valence-corrected chi connectivity index (χ1v) is 17.2. The highest BCUT2D eigenvalue weighted by atomic mass is 16.8. The zero-order valence-electron chi connectivity index (χ0n) is 25.9. The summed E-state index contributed by atoms with van der Waals surface area (Å²) in [6, 6.07) is 0.